The van der Waals surface area contributed by atoms with Crippen LogP contribution in [0.25, 0.3) is 0 Å². The van der Waals surface area contributed by atoms with Crippen LogP contribution in [-0.2, 0) is 14.3 Å². The lowest BCUT2D eigenvalue weighted by atomic mass is 9.73. The number of benzene rings is 3. The molecule has 2 aliphatic carbocycles. The molecule has 5 atom stereocenters. The van der Waals surface area contributed by atoms with Crippen LogP contribution in [0.1, 0.15) is 45.0 Å². The minimum Gasteiger partial charge on any atom is -0.465 e. The lowest BCUT2D eigenvalue weighted by Crippen LogP contribution is -2.33. The molecule has 3 aromatic rings. The van der Waals surface area contributed by atoms with Gasteiger partial charge < -0.3 is 10.1 Å². The van der Waals surface area contributed by atoms with Crippen LogP contribution in [0, 0.1) is 23.7 Å². The van der Waals surface area contributed by atoms with Crippen molar-refractivity contribution in [1.82, 2.24) is 0 Å². The normalized spacial score (nSPS) is 25.8. The molecule has 1 saturated heterocycles. The fourth-order valence-corrected chi connectivity index (χ4v) is 6.57. The molecule has 0 spiro atoms. The first-order valence-electron chi connectivity index (χ1n) is 12.5. The molecular formula is C30H26N2O5. The summed E-state index contributed by atoms with van der Waals surface area (Å²) < 4.78 is 4.68. The Balaban J connectivity index is 1.16. The van der Waals surface area contributed by atoms with E-state index in [0.29, 0.717) is 28.4 Å². The molecule has 3 fully saturated rings. The maximum Gasteiger partial charge on any atom is 0.337 e. The summed E-state index contributed by atoms with van der Waals surface area (Å²) in [4.78, 5) is 52.5. The predicted octanol–water partition coefficient (Wildman–Crippen LogP) is 4.65. The number of esters is 1. The van der Waals surface area contributed by atoms with Gasteiger partial charge in [0.05, 0.1) is 30.2 Å². The van der Waals surface area contributed by atoms with Crippen LogP contribution in [0.5, 0.6) is 0 Å². The average molecular weight is 495 g/mol. The largest absolute Gasteiger partial charge is 0.465 e. The summed E-state index contributed by atoms with van der Waals surface area (Å²) in [6, 6.07) is 23.2. The molecule has 3 aromatic carbocycles. The summed E-state index contributed by atoms with van der Waals surface area (Å²) >= 11 is 0. The summed E-state index contributed by atoms with van der Waals surface area (Å²) in [5.41, 5.74) is 3.06. The number of methoxy groups -OCH3 is 1. The molecule has 0 unspecified atom stereocenters. The van der Waals surface area contributed by atoms with Crippen LogP contribution in [0.4, 0.5) is 11.4 Å². The Bertz CT molecular complexity index is 1380. The molecule has 3 aliphatic rings. The maximum atomic E-state index is 13.5. The van der Waals surface area contributed by atoms with E-state index in [9.17, 15) is 19.2 Å². The lowest BCUT2D eigenvalue weighted by Gasteiger charge is -2.28. The number of carbonyl (C=O) groups is 4. The van der Waals surface area contributed by atoms with Crippen LogP contribution in [0.2, 0.25) is 0 Å². The third kappa shape index (κ3) is 3.82. The average Bonchev–Trinajstić information content (AvgIpc) is 3.60. The minimum atomic E-state index is -0.452. The van der Waals surface area contributed by atoms with E-state index in [0.717, 1.165) is 12.8 Å². The molecule has 7 nitrogen and oxygen atoms in total. The van der Waals surface area contributed by atoms with Crippen LogP contribution in [-0.4, -0.2) is 30.8 Å². The first kappa shape index (κ1) is 23.2. The quantitative estimate of drug-likeness (QED) is 0.412. The number of fused-ring (bicyclic) bond motifs is 5. The molecule has 2 saturated carbocycles. The molecule has 2 bridgehead atoms. The van der Waals surface area contributed by atoms with Crippen LogP contribution < -0.4 is 10.2 Å². The molecule has 7 heteroatoms. The Morgan fingerprint density at radius 3 is 2.14 bits per heavy atom. The van der Waals surface area contributed by atoms with Crippen molar-refractivity contribution < 1.29 is 23.9 Å². The van der Waals surface area contributed by atoms with Gasteiger partial charge in [-0.3, -0.25) is 19.3 Å². The standard InChI is InChI=1S/C30H26N2O5/c1-37-30(36)19-7-11-21(12-8-19)31-27(33)18-9-13-22(14-10-18)32-28(34)25-20-15-23(17-5-3-2-4-6-17)24(16-20)26(25)29(32)35/h2-14,20,23-26H,15-16H2,1H3,(H,31,33)/t20-,23+,24+,25+,26-/m0/s1. The summed E-state index contributed by atoms with van der Waals surface area (Å²) in [6.45, 7) is 0. The van der Waals surface area contributed by atoms with Crippen LogP contribution >= 0.6 is 0 Å². The van der Waals surface area contributed by atoms with Gasteiger partial charge in [0.15, 0.2) is 0 Å². The highest BCUT2D eigenvalue weighted by molar-refractivity contribution is 6.22. The van der Waals surface area contributed by atoms with Gasteiger partial charge in [-0.2, -0.15) is 0 Å². The van der Waals surface area contributed by atoms with E-state index in [4.69, 9.17) is 0 Å². The van der Waals surface area contributed by atoms with Gasteiger partial charge >= 0.3 is 5.97 Å². The number of ether oxygens (including phenoxy) is 1. The van der Waals surface area contributed by atoms with Crippen molar-refractivity contribution in [2.45, 2.75) is 18.8 Å². The minimum absolute atomic E-state index is 0.114. The van der Waals surface area contributed by atoms with Crippen molar-refractivity contribution in [2.75, 3.05) is 17.3 Å². The number of nitrogens with one attached hydrogen (secondary N) is 1. The van der Waals surface area contributed by atoms with Crippen molar-refractivity contribution in [3.05, 3.63) is 95.6 Å². The third-order valence-electron chi connectivity index (χ3n) is 8.19. The summed E-state index contributed by atoms with van der Waals surface area (Å²) in [5, 5.41) is 2.78. The number of hydrogen-bond acceptors (Lipinski definition) is 5. The molecule has 186 valence electrons. The van der Waals surface area contributed by atoms with E-state index < -0.39 is 5.97 Å². The van der Waals surface area contributed by atoms with Gasteiger partial charge in [0.1, 0.15) is 0 Å². The molecular weight excluding hydrogens is 468 g/mol. The predicted molar refractivity (Wildman–Crippen MR) is 137 cm³/mol. The van der Waals surface area contributed by atoms with Crippen LogP contribution in [0.15, 0.2) is 78.9 Å². The zero-order valence-electron chi connectivity index (χ0n) is 20.3. The Morgan fingerprint density at radius 2 is 1.46 bits per heavy atom. The Hall–Kier alpha value is -4.26. The monoisotopic (exact) mass is 494 g/mol. The van der Waals surface area contributed by atoms with Gasteiger partial charge in [-0.25, -0.2) is 4.79 Å². The van der Waals surface area contributed by atoms with E-state index >= 15 is 0 Å². The molecule has 1 aliphatic heterocycles. The topological polar surface area (TPSA) is 92.8 Å². The van der Waals surface area contributed by atoms with Gasteiger partial charge in [-0.05, 0) is 84.7 Å². The van der Waals surface area contributed by atoms with Crippen molar-refractivity contribution in [2.24, 2.45) is 23.7 Å². The van der Waals surface area contributed by atoms with E-state index in [1.165, 1.54) is 17.6 Å². The molecule has 0 aromatic heterocycles. The molecule has 3 amide bonds. The number of anilines is 2. The molecule has 1 heterocycles. The highest BCUT2D eigenvalue weighted by Crippen LogP contribution is 2.61. The first-order chi connectivity index (χ1) is 18.0. The maximum absolute atomic E-state index is 13.5. The Kier molecular flexibility index (Phi) is 5.63. The summed E-state index contributed by atoms with van der Waals surface area (Å²) in [6.07, 6.45) is 1.88. The van der Waals surface area contributed by atoms with E-state index in [1.54, 1.807) is 48.5 Å². The van der Waals surface area contributed by atoms with Crippen molar-refractivity contribution in [1.29, 1.82) is 0 Å². The Morgan fingerprint density at radius 1 is 0.811 bits per heavy atom. The van der Waals surface area contributed by atoms with Gasteiger partial charge in [0.25, 0.3) is 5.91 Å². The van der Waals surface area contributed by atoms with Gasteiger partial charge in [-0.15, -0.1) is 0 Å². The van der Waals surface area contributed by atoms with Crippen molar-refractivity contribution >= 4 is 35.1 Å². The van der Waals surface area contributed by atoms with Crippen molar-refractivity contribution in [3.63, 3.8) is 0 Å². The number of hydrogen-bond donors (Lipinski definition) is 1. The van der Waals surface area contributed by atoms with Gasteiger partial charge in [0, 0.05) is 11.3 Å². The highest BCUT2D eigenvalue weighted by Gasteiger charge is 2.64. The zero-order valence-corrected chi connectivity index (χ0v) is 20.3. The van der Waals surface area contributed by atoms with E-state index in [1.807, 2.05) is 18.2 Å². The molecule has 6 rings (SSSR count). The van der Waals surface area contributed by atoms with Gasteiger partial charge in [0.2, 0.25) is 11.8 Å². The fraction of sp³-hybridized carbons (Fsp3) is 0.267. The molecule has 1 N–H and O–H groups in total. The van der Waals surface area contributed by atoms with Crippen molar-refractivity contribution in [3.8, 4) is 0 Å². The second-order valence-electron chi connectivity index (χ2n) is 10.0. The first-order valence-corrected chi connectivity index (χ1v) is 12.5. The number of rotatable bonds is 5. The fourth-order valence-electron chi connectivity index (χ4n) is 6.57. The SMILES string of the molecule is COC(=O)c1ccc(NC(=O)c2ccc(N3C(=O)[C@@H]4[C@@H]5C[C@@H]([C@@H]4C3=O)[C@@H](c3ccccc3)C5)cc2)cc1. The third-order valence-corrected chi connectivity index (χ3v) is 8.19. The van der Waals surface area contributed by atoms with E-state index in [-0.39, 0.29) is 41.4 Å². The summed E-state index contributed by atoms with van der Waals surface area (Å²) in [7, 11) is 1.31. The number of imide groups is 1. The second-order valence-corrected chi connectivity index (χ2v) is 10.0. The number of nitrogens with zero attached hydrogens (tertiary/aromatic N) is 1. The molecule has 37 heavy (non-hydrogen) atoms. The smallest absolute Gasteiger partial charge is 0.337 e. The Labute approximate surface area is 214 Å². The lowest BCUT2D eigenvalue weighted by molar-refractivity contribution is -0.123. The molecule has 0 radical (unpaired) electrons. The summed E-state index contributed by atoms with van der Waals surface area (Å²) in [5.74, 6) is -0.795. The van der Waals surface area contributed by atoms with Crippen LogP contribution in [0.3, 0.4) is 0 Å². The van der Waals surface area contributed by atoms with Gasteiger partial charge in [-0.1, -0.05) is 30.3 Å². The van der Waals surface area contributed by atoms with E-state index in [2.05, 4.69) is 22.2 Å². The zero-order chi connectivity index (χ0) is 25.7. The number of carbonyl (C=O) groups excluding carboxylic acids is 4. The highest BCUT2D eigenvalue weighted by atomic mass is 16.5. The second kappa shape index (κ2) is 9.00. The number of amides is 3.